The number of hydrogen-bond acceptors (Lipinski definition) is 3. The van der Waals surface area contributed by atoms with Crippen molar-refractivity contribution in [3.63, 3.8) is 0 Å². The minimum absolute atomic E-state index is 0.0496. The number of hydrogen-bond donors (Lipinski definition) is 1. The molecule has 0 saturated carbocycles. The topological polar surface area (TPSA) is 52.7 Å². The molecule has 1 atom stereocenters. The van der Waals surface area contributed by atoms with Gasteiger partial charge in [0.05, 0.1) is 0 Å². The molecule has 2 amide bonds. The Morgan fingerprint density at radius 2 is 1.70 bits per heavy atom. The first-order valence-electron chi connectivity index (χ1n) is 13.5. The molecule has 0 spiro atoms. The number of nitrogens with one attached hydrogen (secondary N) is 1. The molecule has 0 bridgehead atoms. The molecule has 5 nitrogen and oxygen atoms in total. The fraction of sp³-hybridized carbons (Fsp3) is 0.375. The molecule has 0 aliphatic carbocycles. The molecule has 1 N–H and O–H groups in total. The summed E-state index contributed by atoms with van der Waals surface area (Å²) in [4.78, 5) is 31.0. The zero-order valence-electron chi connectivity index (χ0n) is 22.0. The molecule has 2 aliphatic rings. The van der Waals surface area contributed by atoms with Crippen LogP contribution in [0, 0.1) is 19.8 Å². The Bertz CT molecular complexity index is 1250. The molecule has 1 saturated heterocycles. The predicted molar refractivity (Wildman–Crippen MR) is 147 cm³/mol. The second kappa shape index (κ2) is 11.3. The summed E-state index contributed by atoms with van der Waals surface area (Å²) >= 11 is 0. The maximum Gasteiger partial charge on any atom is 0.255 e. The largest absolute Gasteiger partial charge is 0.354 e. The van der Waals surface area contributed by atoms with Crippen LogP contribution in [0.2, 0.25) is 0 Å². The minimum Gasteiger partial charge on any atom is -0.354 e. The maximum absolute atomic E-state index is 13.5. The Hall–Kier alpha value is -3.44. The summed E-state index contributed by atoms with van der Waals surface area (Å²) in [6, 6.07) is 23.8. The third-order valence-corrected chi connectivity index (χ3v) is 7.97. The molecule has 3 aromatic carbocycles. The number of rotatable bonds is 8. The van der Waals surface area contributed by atoms with Gasteiger partial charge in [0.2, 0.25) is 5.91 Å². The Morgan fingerprint density at radius 3 is 2.46 bits per heavy atom. The summed E-state index contributed by atoms with van der Waals surface area (Å²) < 4.78 is 0. The number of nitrogens with zero attached hydrogens (tertiary/aromatic N) is 2. The SMILES string of the molecule is Cc1ccc(C)c(CN2CCC(CNC(=O)[C@@H](Cc3ccccc3)N3Cc4ccccc4C3=O)CC2)c1. The molecule has 0 unspecified atom stereocenters. The van der Waals surface area contributed by atoms with Crippen molar-refractivity contribution in [3.05, 3.63) is 106 Å². The van der Waals surface area contributed by atoms with Crippen LogP contribution < -0.4 is 5.32 Å². The van der Waals surface area contributed by atoms with Crippen molar-refractivity contribution in [1.82, 2.24) is 15.1 Å². The standard InChI is InChI=1S/C32H37N3O2/c1-23-12-13-24(2)28(18-23)21-34-16-14-26(15-17-34)20-33-31(36)30(19-25-8-4-3-5-9-25)35-22-27-10-6-7-11-29(27)32(35)37/h3-13,18,26,30H,14-17,19-22H2,1-2H3,(H,33,36)/t30-/m1/s1. The van der Waals surface area contributed by atoms with Crippen LogP contribution in [-0.2, 0) is 24.3 Å². The smallest absolute Gasteiger partial charge is 0.255 e. The van der Waals surface area contributed by atoms with Gasteiger partial charge in [-0.2, -0.15) is 0 Å². The number of likely N-dealkylation sites (tertiary alicyclic amines) is 1. The fourth-order valence-electron chi connectivity index (χ4n) is 5.63. The van der Waals surface area contributed by atoms with Crippen LogP contribution in [0.3, 0.4) is 0 Å². The van der Waals surface area contributed by atoms with E-state index < -0.39 is 6.04 Å². The van der Waals surface area contributed by atoms with Gasteiger partial charge in [-0.15, -0.1) is 0 Å². The van der Waals surface area contributed by atoms with Crippen molar-refractivity contribution < 1.29 is 9.59 Å². The van der Waals surface area contributed by atoms with Crippen molar-refractivity contribution in [2.24, 2.45) is 5.92 Å². The molecular formula is C32H37N3O2. The van der Waals surface area contributed by atoms with Crippen LogP contribution >= 0.6 is 0 Å². The van der Waals surface area contributed by atoms with E-state index in [2.05, 4.69) is 42.3 Å². The van der Waals surface area contributed by atoms with Crippen LogP contribution in [0.5, 0.6) is 0 Å². The van der Waals surface area contributed by atoms with E-state index in [-0.39, 0.29) is 11.8 Å². The highest BCUT2D eigenvalue weighted by atomic mass is 16.2. The second-order valence-electron chi connectivity index (χ2n) is 10.7. The summed E-state index contributed by atoms with van der Waals surface area (Å²) in [5, 5.41) is 3.23. The lowest BCUT2D eigenvalue weighted by Gasteiger charge is -2.33. The average molecular weight is 496 g/mol. The van der Waals surface area contributed by atoms with Gasteiger partial charge in [0.15, 0.2) is 0 Å². The third-order valence-electron chi connectivity index (χ3n) is 7.97. The van der Waals surface area contributed by atoms with E-state index in [1.54, 1.807) is 4.90 Å². The summed E-state index contributed by atoms with van der Waals surface area (Å²) in [5.41, 5.74) is 6.84. The zero-order chi connectivity index (χ0) is 25.8. The molecule has 5 rings (SSSR count). The van der Waals surface area contributed by atoms with Crippen LogP contribution in [0.15, 0.2) is 72.8 Å². The lowest BCUT2D eigenvalue weighted by atomic mass is 9.95. The van der Waals surface area contributed by atoms with E-state index in [1.807, 2.05) is 54.6 Å². The van der Waals surface area contributed by atoms with Crippen LogP contribution in [0.4, 0.5) is 0 Å². The lowest BCUT2D eigenvalue weighted by Crippen LogP contribution is -2.49. The number of amides is 2. The number of benzene rings is 3. The minimum atomic E-state index is -0.522. The molecule has 192 valence electrons. The van der Waals surface area contributed by atoms with Gasteiger partial charge in [-0.3, -0.25) is 14.5 Å². The van der Waals surface area contributed by atoms with E-state index in [1.165, 1.54) is 16.7 Å². The van der Waals surface area contributed by atoms with Gasteiger partial charge in [-0.05, 0) is 74.0 Å². The van der Waals surface area contributed by atoms with Gasteiger partial charge < -0.3 is 10.2 Å². The van der Waals surface area contributed by atoms with E-state index in [4.69, 9.17) is 0 Å². The number of aryl methyl sites for hydroxylation is 2. The predicted octanol–water partition coefficient (Wildman–Crippen LogP) is 4.90. The highest BCUT2D eigenvalue weighted by Crippen LogP contribution is 2.26. The molecule has 2 heterocycles. The summed E-state index contributed by atoms with van der Waals surface area (Å²) in [5.74, 6) is 0.358. The van der Waals surface area contributed by atoms with Crippen molar-refractivity contribution in [2.45, 2.75) is 52.2 Å². The fourth-order valence-corrected chi connectivity index (χ4v) is 5.63. The first kappa shape index (κ1) is 25.2. The molecule has 0 radical (unpaired) electrons. The number of piperidine rings is 1. The Balaban J connectivity index is 1.19. The quantitative estimate of drug-likeness (QED) is 0.484. The molecule has 1 fully saturated rings. The molecule has 2 aliphatic heterocycles. The highest BCUT2D eigenvalue weighted by Gasteiger charge is 2.36. The number of carbonyl (C=O) groups excluding carboxylic acids is 2. The highest BCUT2D eigenvalue weighted by molar-refractivity contribution is 6.01. The monoisotopic (exact) mass is 495 g/mol. The average Bonchev–Trinajstić information content (AvgIpc) is 3.25. The summed E-state index contributed by atoms with van der Waals surface area (Å²) in [6.45, 7) is 8.56. The van der Waals surface area contributed by atoms with Crippen molar-refractivity contribution in [1.29, 1.82) is 0 Å². The molecule has 0 aromatic heterocycles. The summed E-state index contributed by atoms with van der Waals surface area (Å²) in [7, 11) is 0. The van der Waals surface area contributed by atoms with Gasteiger partial charge in [0, 0.05) is 31.6 Å². The molecule has 5 heteroatoms. The normalized spacial score (nSPS) is 17.0. The van der Waals surface area contributed by atoms with Gasteiger partial charge >= 0.3 is 0 Å². The van der Waals surface area contributed by atoms with Crippen molar-refractivity contribution in [3.8, 4) is 0 Å². The first-order chi connectivity index (χ1) is 18.0. The Kier molecular flexibility index (Phi) is 7.71. The van der Waals surface area contributed by atoms with Crippen LogP contribution in [-0.4, -0.2) is 47.3 Å². The van der Waals surface area contributed by atoms with Crippen LogP contribution in [0.25, 0.3) is 0 Å². The van der Waals surface area contributed by atoms with Crippen molar-refractivity contribution >= 4 is 11.8 Å². The summed E-state index contributed by atoms with van der Waals surface area (Å²) in [6.07, 6.45) is 2.66. The lowest BCUT2D eigenvalue weighted by molar-refractivity contribution is -0.126. The third kappa shape index (κ3) is 5.94. The van der Waals surface area contributed by atoms with E-state index in [9.17, 15) is 9.59 Å². The van der Waals surface area contributed by atoms with Gasteiger partial charge in [0.1, 0.15) is 6.04 Å². The first-order valence-corrected chi connectivity index (χ1v) is 13.5. The van der Waals surface area contributed by atoms with E-state index >= 15 is 0 Å². The number of fused-ring (bicyclic) bond motifs is 1. The Labute approximate surface area is 220 Å². The van der Waals surface area contributed by atoms with Crippen molar-refractivity contribution in [2.75, 3.05) is 19.6 Å². The molecule has 37 heavy (non-hydrogen) atoms. The Morgan fingerprint density at radius 1 is 0.973 bits per heavy atom. The van der Waals surface area contributed by atoms with Gasteiger partial charge in [-0.25, -0.2) is 0 Å². The van der Waals surface area contributed by atoms with E-state index in [0.29, 0.717) is 31.0 Å². The number of carbonyl (C=O) groups is 2. The second-order valence-corrected chi connectivity index (χ2v) is 10.7. The zero-order valence-corrected chi connectivity index (χ0v) is 22.0. The molecule has 3 aromatic rings. The van der Waals surface area contributed by atoms with E-state index in [0.717, 1.165) is 43.6 Å². The molecular weight excluding hydrogens is 458 g/mol. The van der Waals surface area contributed by atoms with Gasteiger partial charge in [0.25, 0.3) is 5.91 Å². The maximum atomic E-state index is 13.5. The van der Waals surface area contributed by atoms with Gasteiger partial charge in [-0.1, -0.05) is 72.3 Å². The van der Waals surface area contributed by atoms with Crippen LogP contribution in [0.1, 0.15) is 51.0 Å².